The molecule has 0 atom stereocenters. The number of halogens is 3. The number of aliphatic imine (C=N–C) groups is 1. The molecule has 2 rings (SSSR count). The molecule has 0 fully saturated rings. The average molecular weight is 392 g/mol. The highest BCUT2D eigenvalue weighted by Gasteiger charge is 2.30. The molecule has 0 aliphatic rings. The maximum atomic E-state index is 12.5. The average Bonchev–Trinajstić information content (AvgIpc) is 2.70. The van der Waals surface area contributed by atoms with E-state index in [9.17, 15) is 18.0 Å². The lowest BCUT2D eigenvalue weighted by Gasteiger charge is -2.12. The second kappa shape index (κ2) is 10.3. The second-order valence-electron chi connectivity index (χ2n) is 5.99. The number of carbonyl (C=O) groups excluding carboxylic acids is 1. The predicted molar refractivity (Wildman–Crippen MR) is 103 cm³/mol. The Kier molecular flexibility index (Phi) is 7.86. The van der Waals surface area contributed by atoms with Crippen LogP contribution < -0.4 is 16.0 Å². The Morgan fingerprint density at radius 3 is 2.11 bits per heavy atom. The number of benzene rings is 2. The van der Waals surface area contributed by atoms with Crippen LogP contribution in [-0.4, -0.2) is 38.5 Å². The quantitative estimate of drug-likeness (QED) is 0.386. The van der Waals surface area contributed by atoms with E-state index >= 15 is 0 Å². The van der Waals surface area contributed by atoms with Crippen LogP contribution in [0.3, 0.4) is 0 Å². The van der Waals surface area contributed by atoms with E-state index in [4.69, 9.17) is 0 Å². The number of hydrogen-bond acceptors (Lipinski definition) is 2. The Morgan fingerprint density at radius 2 is 1.50 bits per heavy atom. The van der Waals surface area contributed by atoms with Gasteiger partial charge in [-0.05, 0) is 36.2 Å². The highest BCUT2D eigenvalue weighted by atomic mass is 19.4. The largest absolute Gasteiger partial charge is 0.416 e. The summed E-state index contributed by atoms with van der Waals surface area (Å²) in [6, 6.07) is 14.2. The molecule has 0 heterocycles. The molecule has 0 unspecified atom stereocenters. The Labute approximate surface area is 162 Å². The number of rotatable bonds is 7. The Hall–Kier alpha value is -3.03. The van der Waals surface area contributed by atoms with E-state index in [-0.39, 0.29) is 5.56 Å². The fraction of sp³-hybridized carbons (Fsp3) is 0.300. The van der Waals surface area contributed by atoms with Gasteiger partial charge in [0.15, 0.2) is 5.96 Å². The molecule has 1 amide bonds. The molecular formula is C20H23F3N4O. The fourth-order valence-corrected chi connectivity index (χ4v) is 2.46. The molecule has 0 saturated heterocycles. The number of nitrogens with one attached hydrogen (secondary N) is 3. The highest BCUT2D eigenvalue weighted by Crippen LogP contribution is 2.28. The highest BCUT2D eigenvalue weighted by molar-refractivity contribution is 5.94. The van der Waals surface area contributed by atoms with Crippen molar-refractivity contribution in [1.29, 1.82) is 0 Å². The van der Waals surface area contributed by atoms with Gasteiger partial charge in [-0.3, -0.25) is 9.79 Å². The van der Waals surface area contributed by atoms with Crippen molar-refractivity contribution in [3.05, 3.63) is 71.3 Å². The number of alkyl halides is 3. The van der Waals surface area contributed by atoms with E-state index in [1.54, 1.807) is 7.05 Å². The smallest absolute Gasteiger partial charge is 0.356 e. The van der Waals surface area contributed by atoms with Crippen LogP contribution in [0.5, 0.6) is 0 Å². The Bertz CT molecular complexity index is 774. The summed E-state index contributed by atoms with van der Waals surface area (Å²) in [6.07, 6.45) is -3.56. The van der Waals surface area contributed by atoms with Crippen molar-refractivity contribution in [1.82, 2.24) is 16.0 Å². The number of nitrogens with zero attached hydrogens (tertiary/aromatic N) is 1. The first kappa shape index (κ1) is 21.3. The van der Waals surface area contributed by atoms with Gasteiger partial charge < -0.3 is 16.0 Å². The summed E-state index contributed by atoms with van der Waals surface area (Å²) < 4.78 is 37.6. The summed E-state index contributed by atoms with van der Waals surface area (Å²) in [7, 11) is 1.65. The van der Waals surface area contributed by atoms with Gasteiger partial charge in [0.2, 0.25) is 0 Å². The molecule has 2 aromatic rings. The molecule has 3 N–H and O–H groups in total. The first-order valence-electron chi connectivity index (χ1n) is 8.84. The van der Waals surface area contributed by atoms with Crippen LogP contribution in [0.4, 0.5) is 13.2 Å². The van der Waals surface area contributed by atoms with Crippen molar-refractivity contribution in [3.63, 3.8) is 0 Å². The molecule has 0 aromatic heterocycles. The van der Waals surface area contributed by atoms with E-state index in [2.05, 4.69) is 33.1 Å². The summed E-state index contributed by atoms with van der Waals surface area (Å²) in [5, 5.41) is 8.90. The molecule has 0 aliphatic heterocycles. The van der Waals surface area contributed by atoms with Crippen molar-refractivity contribution >= 4 is 11.9 Å². The molecular weight excluding hydrogens is 369 g/mol. The normalized spacial score (nSPS) is 11.8. The summed E-state index contributed by atoms with van der Waals surface area (Å²) in [4.78, 5) is 16.1. The van der Waals surface area contributed by atoms with Crippen LogP contribution in [0.15, 0.2) is 59.6 Å². The minimum atomic E-state index is -4.41. The van der Waals surface area contributed by atoms with Gasteiger partial charge in [0.1, 0.15) is 0 Å². The van der Waals surface area contributed by atoms with Crippen LogP contribution in [0.1, 0.15) is 21.5 Å². The molecule has 0 radical (unpaired) electrons. The molecule has 150 valence electrons. The van der Waals surface area contributed by atoms with Crippen LogP contribution in [-0.2, 0) is 12.6 Å². The maximum Gasteiger partial charge on any atom is 0.416 e. The standard InChI is InChI=1S/C20H23F3N4O/c1-24-19(26-12-11-15-5-3-2-4-6-15)27-14-13-25-18(28)16-7-9-17(10-8-16)20(21,22)23/h2-10H,11-14H2,1H3,(H,25,28)(H2,24,26,27). The van der Waals surface area contributed by atoms with Crippen molar-refractivity contribution < 1.29 is 18.0 Å². The van der Waals surface area contributed by atoms with Crippen LogP contribution in [0.2, 0.25) is 0 Å². The van der Waals surface area contributed by atoms with E-state index in [1.165, 1.54) is 5.56 Å². The SMILES string of the molecule is CN=C(NCCNC(=O)c1ccc(C(F)(F)F)cc1)NCCc1ccccc1. The van der Waals surface area contributed by atoms with Gasteiger partial charge in [-0.2, -0.15) is 13.2 Å². The summed E-state index contributed by atoms with van der Waals surface area (Å²) in [5.74, 6) is 0.183. The monoisotopic (exact) mass is 392 g/mol. The lowest BCUT2D eigenvalue weighted by Crippen LogP contribution is -2.42. The van der Waals surface area contributed by atoms with Crippen molar-refractivity contribution in [2.24, 2.45) is 4.99 Å². The van der Waals surface area contributed by atoms with Crippen LogP contribution in [0.25, 0.3) is 0 Å². The van der Waals surface area contributed by atoms with Crippen molar-refractivity contribution in [2.75, 3.05) is 26.7 Å². The lowest BCUT2D eigenvalue weighted by molar-refractivity contribution is -0.137. The first-order chi connectivity index (χ1) is 13.4. The second-order valence-corrected chi connectivity index (χ2v) is 5.99. The van der Waals surface area contributed by atoms with E-state index in [0.29, 0.717) is 25.6 Å². The van der Waals surface area contributed by atoms with E-state index < -0.39 is 17.6 Å². The summed E-state index contributed by atoms with van der Waals surface area (Å²) in [6.45, 7) is 1.44. The third kappa shape index (κ3) is 6.94. The predicted octanol–water partition coefficient (Wildman–Crippen LogP) is 2.84. The molecule has 0 aliphatic carbocycles. The van der Waals surface area contributed by atoms with E-state index in [1.807, 2.05) is 18.2 Å². The number of guanidine groups is 1. The zero-order valence-corrected chi connectivity index (χ0v) is 15.5. The number of hydrogen-bond donors (Lipinski definition) is 3. The molecule has 0 bridgehead atoms. The minimum absolute atomic E-state index is 0.179. The van der Waals surface area contributed by atoms with Gasteiger partial charge in [-0.25, -0.2) is 0 Å². The molecule has 8 heteroatoms. The molecule has 0 saturated carbocycles. The summed E-state index contributed by atoms with van der Waals surface area (Å²) >= 11 is 0. The zero-order valence-electron chi connectivity index (χ0n) is 15.5. The Morgan fingerprint density at radius 1 is 0.893 bits per heavy atom. The van der Waals surface area contributed by atoms with Gasteiger partial charge in [-0.15, -0.1) is 0 Å². The third-order valence-corrected chi connectivity index (χ3v) is 3.95. The van der Waals surface area contributed by atoms with Gasteiger partial charge in [-0.1, -0.05) is 30.3 Å². The van der Waals surface area contributed by atoms with Crippen LogP contribution >= 0.6 is 0 Å². The number of carbonyl (C=O) groups is 1. The van der Waals surface area contributed by atoms with E-state index in [0.717, 1.165) is 30.7 Å². The molecule has 5 nitrogen and oxygen atoms in total. The number of amides is 1. The molecule has 0 spiro atoms. The first-order valence-corrected chi connectivity index (χ1v) is 8.84. The van der Waals surface area contributed by atoms with Crippen molar-refractivity contribution in [2.45, 2.75) is 12.6 Å². The third-order valence-electron chi connectivity index (χ3n) is 3.95. The Balaban J connectivity index is 1.68. The molecule has 2 aromatic carbocycles. The lowest BCUT2D eigenvalue weighted by atomic mass is 10.1. The van der Waals surface area contributed by atoms with Crippen molar-refractivity contribution in [3.8, 4) is 0 Å². The van der Waals surface area contributed by atoms with Crippen LogP contribution in [0, 0.1) is 0 Å². The maximum absolute atomic E-state index is 12.5. The molecule has 28 heavy (non-hydrogen) atoms. The summed E-state index contributed by atoms with van der Waals surface area (Å²) in [5.41, 5.74) is 0.615. The topological polar surface area (TPSA) is 65.5 Å². The fourth-order valence-electron chi connectivity index (χ4n) is 2.46. The van der Waals surface area contributed by atoms with Gasteiger partial charge >= 0.3 is 6.18 Å². The minimum Gasteiger partial charge on any atom is -0.356 e. The van der Waals surface area contributed by atoms with Gasteiger partial charge in [0, 0.05) is 32.2 Å². The zero-order chi connectivity index (χ0) is 20.4. The van der Waals surface area contributed by atoms with Gasteiger partial charge in [0.25, 0.3) is 5.91 Å². The van der Waals surface area contributed by atoms with Gasteiger partial charge in [0.05, 0.1) is 5.56 Å².